The number of nitrogens with zero attached hydrogens (tertiary/aromatic N) is 1. The normalized spacial score (nSPS) is 25.6. The van der Waals surface area contributed by atoms with Gasteiger partial charge in [-0.25, -0.2) is 4.79 Å². The van der Waals surface area contributed by atoms with E-state index < -0.39 is 11.6 Å². The maximum Gasteiger partial charge on any atom is 0.410 e. The van der Waals surface area contributed by atoms with Gasteiger partial charge in [-0.15, -0.1) is 0 Å². The molecule has 0 heterocycles. The van der Waals surface area contributed by atoms with Gasteiger partial charge < -0.3 is 20.1 Å². The van der Waals surface area contributed by atoms with E-state index >= 15 is 0 Å². The SMILES string of the molecule is CC(C)(C)OC(=O)N(C1CC1)C1CCCCC1NCC(=O)O. The van der Waals surface area contributed by atoms with Crippen LogP contribution in [0, 0.1) is 0 Å². The van der Waals surface area contributed by atoms with Crippen molar-refractivity contribution in [2.75, 3.05) is 6.54 Å². The zero-order valence-electron chi connectivity index (χ0n) is 13.8. The molecule has 2 atom stereocenters. The van der Waals surface area contributed by atoms with Crippen molar-refractivity contribution < 1.29 is 19.4 Å². The Kier molecular flexibility index (Phi) is 5.32. The lowest BCUT2D eigenvalue weighted by Crippen LogP contribution is -2.56. The van der Waals surface area contributed by atoms with E-state index in [9.17, 15) is 9.59 Å². The van der Waals surface area contributed by atoms with E-state index in [0.717, 1.165) is 38.5 Å². The van der Waals surface area contributed by atoms with Gasteiger partial charge in [-0.3, -0.25) is 4.79 Å². The minimum Gasteiger partial charge on any atom is -0.480 e. The standard InChI is InChI=1S/C16H28N2O4/c1-16(2,3)22-15(21)18(11-8-9-11)13-7-5-4-6-12(13)17-10-14(19)20/h11-13,17H,4-10H2,1-3H3,(H,19,20). The highest BCUT2D eigenvalue weighted by atomic mass is 16.6. The van der Waals surface area contributed by atoms with Crippen LogP contribution in [-0.2, 0) is 9.53 Å². The van der Waals surface area contributed by atoms with Crippen molar-refractivity contribution in [3.05, 3.63) is 0 Å². The van der Waals surface area contributed by atoms with Gasteiger partial charge in [-0.05, 0) is 46.5 Å². The Labute approximate surface area is 132 Å². The average Bonchev–Trinajstić information content (AvgIpc) is 3.20. The van der Waals surface area contributed by atoms with Crippen molar-refractivity contribution in [2.24, 2.45) is 0 Å². The smallest absolute Gasteiger partial charge is 0.410 e. The fourth-order valence-electron chi connectivity index (χ4n) is 3.12. The molecule has 2 aliphatic carbocycles. The predicted octanol–water partition coefficient (Wildman–Crippen LogP) is 2.37. The maximum absolute atomic E-state index is 12.6. The molecule has 22 heavy (non-hydrogen) atoms. The molecule has 6 nitrogen and oxygen atoms in total. The minimum absolute atomic E-state index is 0.0375. The third kappa shape index (κ3) is 4.87. The second-order valence-electron chi connectivity index (χ2n) is 7.35. The molecule has 0 aromatic heterocycles. The Hall–Kier alpha value is -1.30. The molecule has 6 heteroatoms. The van der Waals surface area contributed by atoms with Gasteiger partial charge in [-0.2, -0.15) is 0 Å². The number of nitrogens with one attached hydrogen (secondary N) is 1. The summed E-state index contributed by atoms with van der Waals surface area (Å²) in [6.07, 6.45) is 5.73. The van der Waals surface area contributed by atoms with Crippen molar-refractivity contribution in [1.82, 2.24) is 10.2 Å². The maximum atomic E-state index is 12.6. The zero-order chi connectivity index (χ0) is 16.3. The van der Waals surface area contributed by atoms with Gasteiger partial charge >= 0.3 is 12.1 Å². The molecule has 126 valence electrons. The fraction of sp³-hybridized carbons (Fsp3) is 0.875. The molecule has 2 N–H and O–H groups in total. The number of ether oxygens (including phenoxy) is 1. The van der Waals surface area contributed by atoms with Crippen molar-refractivity contribution in [2.45, 2.75) is 83.0 Å². The average molecular weight is 312 g/mol. The second-order valence-corrected chi connectivity index (χ2v) is 7.35. The molecule has 0 aliphatic heterocycles. The number of amides is 1. The van der Waals surface area contributed by atoms with Crippen LogP contribution in [0.1, 0.15) is 59.3 Å². The summed E-state index contributed by atoms with van der Waals surface area (Å²) in [5.74, 6) is -0.862. The molecule has 2 unspecified atom stereocenters. The molecule has 2 rings (SSSR count). The second kappa shape index (κ2) is 6.86. The topological polar surface area (TPSA) is 78.9 Å². The van der Waals surface area contributed by atoms with Gasteiger partial charge in [0, 0.05) is 12.1 Å². The third-order valence-corrected chi connectivity index (χ3v) is 4.15. The Morgan fingerprint density at radius 2 is 1.82 bits per heavy atom. The van der Waals surface area contributed by atoms with Gasteiger partial charge in [-0.1, -0.05) is 12.8 Å². The van der Waals surface area contributed by atoms with Crippen LogP contribution in [-0.4, -0.2) is 52.3 Å². The molecule has 0 saturated heterocycles. The van der Waals surface area contributed by atoms with Crippen molar-refractivity contribution in [3.8, 4) is 0 Å². The zero-order valence-corrected chi connectivity index (χ0v) is 13.8. The first kappa shape index (κ1) is 17.1. The van der Waals surface area contributed by atoms with Crippen molar-refractivity contribution in [1.29, 1.82) is 0 Å². The molecule has 2 saturated carbocycles. The number of carboxylic acid groups (broad SMARTS) is 1. The van der Waals surface area contributed by atoms with Crippen LogP contribution in [0.2, 0.25) is 0 Å². The summed E-state index contributed by atoms with van der Waals surface area (Å²) < 4.78 is 5.57. The molecule has 2 aliphatic rings. The van der Waals surface area contributed by atoms with Crippen LogP contribution < -0.4 is 5.32 Å². The van der Waals surface area contributed by atoms with Crippen LogP contribution in [0.25, 0.3) is 0 Å². The molecule has 0 aromatic rings. The molecule has 2 fully saturated rings. The quantitative estimate of drug-likeness (QED) is 0.815. The Balaban J connectivity index is 2.07. The van der Waals surface area contributed by atoms with Gasteiger partial charge in [0.1, 0.15) is 5.60 Å². The number of aliphatic carboxylic acids is 1. The van der Waals surface area contributed by atoms with E-state index in [4.69, 9.17) is 9.84 Å². The van der Waals surface area contributed by atoms with Gasteiger partial charge in [0.05, 0.1) is 12.6 Å². The van der Waals surface area contributed by atoms with E-state index in [1.165, 1.54) is 0 Å². The fourth-order valence-corrected chi connectivity index (χ4v) is 3.12. The number of carbonyl (C=O) groups excluding carboxylic acids is 1. The lowest BCUT2D eigenvalue weighted by molar-refractivity contribution is -0.136. The Morgan fingerprint density at radius 3 is 2.36 bits per heavy atom. The molecule has 0 bridgehead atoms. The number of hydrogen-bond acceptors (Lipinski definition) is 4. The summed E-state index contributed by atoms with van der Waals surface area (Å²) in [6.45, 7) is 5.55. The Morgan fingerprint density at radius 1 is 1.18 bits per heavy atom. The molecule has 0 spiro atoms. The Bertz CT molecular complexity index is 415. The highest BCUT2D eigenvalue weighted by Crippen LogP contribution is 2.35. The van der Waals surface area contributed by atoms with E-state index in [1.54, 1.807) is 0 Å². The molecular weight excluding hydrogens is 284 g/mol. The number of carbonyl (C=O) groups is 2. The monoisotopic (exact) mass is 312 g/mol. The first-order chi connectivity index (χ1) is 10.3. The van der Waals surface area contributed by atoms with Gasteiger partial charge in [0.2, 0.25) is 0 Å². The summed E-state index contributed by atoms with van der Waals surface area (Å²) in [6, 6.07) is 0.334. The number of hydrogen-bond donors (Lipinski definition) is 2. The summed E-state index contributed by atoms with van der Waals surface area (Å²) in [5.41, 5.74) is -0.511. The summed E-state index contributed by atoms with van der Waals surface area (Å²) in [7, 11) is 0. The highest BCUT2D eigenvalue weighted by Gasteiger charge is 2.43. The number of rotatable bonds is 5. The molecule has 0 radical (unpaired) electrons. The van der Waals surface area contributed by atoms with E-state index in [1.807, 2.05) is 25.7 Å². The van der Waals surface area contributed by atoms with E-state index in [0.29, 0.717) is 0 Å². The predicted molar refractivity (Wildman–Crippen MR) is 82.8 cm³/mol. The van der Waals surface area contributed by atoms with Crippen molar-refractivity contribution >= 4 is 12.1 Å². The minimum atomic E-state index is -0.862. The molecule has 0 aromatic carbocycles. The summed E-state index contributed by atoms with van der Waals surface area (Å²) in [5, 5.41) is 12.0. The van der Waals surface area contributed by atoms with Crippen LogP contribution in [0.15, 0.2) is 0 Å². The van der Waals surface area contributed by atoms with Crippen LogP contribution in [0.3, 0.4) is 0 Å². The lowest BCUT2D eigenvalue weighted by atomic mass is 9.89. The molecule has 1 amide bonds. The first-order valence-electron chi connectivity index (χ1n) is 8.24. The van der Waals surface area contributed by atoms with E-state index in [2.05, 4.69) is 5.32 Å². The highest BCUT2D eigenvalue weighted by molar-refractivity contribution is 5.70. The first-order valence-corrected chi connectivity index (χ1v) is 8.24. The molecular formula is C16H28N2O4. The van der Waals surface area contributed by atoms with Crippen LogP contribution in [0.5, 0.6) is 0 Å². The lowest BCUT2D eigenvalue weighted by Gasteiger charge is -2.41. The largest absolute Gasteiger partial charge is 0.480 e. The summed E-state index contributed by atoms with van der Waals surface area (Å²) in [4.78, 5) is 25.3. The van der Waals surface area contributed by atoms with Gasteiger partial charge in [0.15, 0.2) is 0 Å². The van der Waals surface area contributed by atoms with Crippen molar-refractivity contribution in [3.63, 3.8) is 0 Å². The van der Waals surface area contributed by atoms with Gasteiger partial charge in [0.25, 0.3) is 0 Å². The summed E-state index contributed by atoms with van der Waals surface area (Å²) >= 11 is 0. The third-order valence-electron chi connectivity index (χ3n) is 4.15. The number of carboxylic acids is 1. The van der Waals surface area contributed by atoms with E-state index in [-0.39, 0.29) is 30.8 Å². The van der Waals surface area contributed by atoms with Crippen LogP contribution >= 0.6 is 0 Å². The van der Waals surface area contributed by atoms with Crippen LogP contribution in [0.4, 0.5) is 4.79 Å².